The van der Waals surface area contributed by atoms with Gasteiger partial charge in [0.05, 0.1) is 5.39 Å². The molecule has 4 aromatic rings. The molecule has 4 rings (SSSR count). The van der Waals surface area contributed by atoms with Crippen LogP contribution in [-0.4, -0.2) is 15.9 Å². The number of H-pyrrole nitrogens is 1. The van der Waals surface area contributed by atoms with Crippen molar-refractivity contribution in [3.8, 4) is 11.1 Å². The number of carbonyl (C=O) groups is 1. The quantitative estimate of drug-likeness (QED) is 0.551. The van der Waals surface area contributed by atoms with E-state index in [0.717, 1.165) is 11.1 Å². The zero-order valence-corrected chi connectivity index (χ0v) is 14.5. The van der Waals surface area contributed by atoms with Crippen molar-refractivity contribution in [2.75, 3.05) is 0 Å². The topological polar surface area (TPSA) is 72.0 Å². The minimum Gasteiger partial charge on any atom is -0.453 e. The number of esters is 1. The van der Waals surface area contributed by atoms with Gasteiger partial charge >= 0.3 is 5.97 Å². The van der Waals surface area contributed by atoms with E-state index in [-0.39, 0.29) is 12.2 Å². The zero-order chi connectivity index (χ0) is 17.2. The first-order chi connectivity index (χ1) is 12.2. The van der Waals surface area contributed by atoms with Crippen molar-refractivity contribution in [2.45, 2.75) is 6.61 Å². The summed E-state index contributed by atoms with van der Waals surface area (Å²) in [6, 6.07) is 13.2. The molecular formula is C18H12N2O3S2. The van der Waals surface area contributed by atoms with Gasteiger partial charge in [-0.15, -0.1) is 22.7 Å². The van der Waals surface area contributed by atoms with Crippen LogP contribution in [-0.2, 0) is 11.3 Å². The zero-order valence-electron chi connectivity index (χ0n) is 12.9. The number of thiophene rings is 2. The average Bonchev–Trinajstić information content (AvgIpc) is 3.30. The number of aromatic amines is 1. The third-order valence-corrected chi connectivity index (χ3v) is 5.36. The smallest absolute Gasteiger partial charge is 0.348 e. The van der Waals surface area contributed by atoms with Crippen LogP contribution in [0.2, 0.25) is 0 Å². The summed E-state index contributed by atoms with van der Waals surface area (Å²) < 4.78 is 5.21. The van der Waals surface area contributed by atoms with Crippen LogP contribution in [0, 0.1) is 0 Å². The molecule has 0 unspecified atom stereocenters. The molecule has 0 amide bonds. The van der Waals surface area contributed by atoms with E-state index in [1.807, 2.05) is 35.7 Å². The van der Waals surface area contributed by atoms with Crippen LogP contribution in [0.5, 0.6) is 0 Å². The van der Waals surface area contributed by atoms with Gasteiger partial charge in [0.2, 0.25) is 0 Å². The molecule has 0 spiro atoms. The second kappa shape index (κ2) is 6.62. The van der Waals surface area contributed by atoms with Crippen LogP contribution in [0.25, 0.3) is 21.3 Å². The minimum atomic E-state index is -0.422. The van der Waals surface area contributed by atoms with Crippen molar-refractivity contribution in [2.24, 2.45) is 0 Å². The lowest BCUT2D eigenvalue weighted by molar-refractivity contribution is 0.0468. The molecule has 1 aromatic carbocycles. The summed E-state index contributed by atoms with van der Waals surface area (Å²) in [5.74, 6) is -0.0854. The maximum atomic E-state index is 12.5. The van der Waals surface area contributed by atoms with Crippen molar-refractivity contribution >= 4 is 38.9 Å². The molecule has 3 aromatic heterocycles. The van der Waals surface area contributed by atoms with E-state index in [0.29, 0.717) is 20.9 Å². The Morgan fingerprint density at radius 3 is 2.72 bits per heavy atom. The summed E-state index contributed by atoms with van der Waals surface area (Å²) in [6.07, 6.45) is 0. The second-order valence-electron chi connectivity index (χ2n) is 5.26. The number of carbonyl (C=O) groups excluding carboxylic acids is 1. The molecule has 1 N–H and O–H groups in total. The summed E-state index contributed by atoms with van der Waals surface area (Å²) >= 11 is 2.71. The number of hydrogen-bond acceptors (Lipinski definition) is 6. The highest BCUT2D eigenvalue weighted by molar-refractivity contribution is 7.17. The predicted octanol–water partition coefficient (Wildman–Crippen LogP) is 4.07. The molecular weight excluding hydrogens is 356 g/mol. The van der Waals surface area contributed by atoms with Crippen molar-refractivity contribution in [3.63, 3.8) is 0 Å². The molecule has 124 valence electrons. The third kappa shape index (κ3) is 3.11. The van der Waals surface area contributed by atoms with E-state index < -0.39 is 5.97 Å². The van der Waals surface area contributed by atoms with E-state index in [1.165, 1.54) is 22.7 Å². The van der Waals surface area contributed by atoms with Crippen LogP contribution in [0.3, 0.4) is 0 Å². The number of fused-ring (bicyclic) bond motifs is 1. The molecule has 0 aliphatic heterocycles. The summed E-state index contributed by atoms with van der Waals surface area (Å²) in [6.45, 7) is -0.0690. The first-order valence-electron chi connectivity index (χ1n) is 7.49. The van der Waals surface area contributed by atoms with Gasteiger partial charge in [-0.1, -0.05) is 36.4 Å². The SMILES string of the molecule is O=C(OCc1nc2scc(-c3ccccc3)c2c(=O)[nH]1)c1cccs1. The van der Waals surface area contributed by atoms with Gasteiger partial charge in [0.15, 0.2) is 0 Å². The van der Waals surface area contributed by atoms with Gasteiger partial charge < -0.3 is 9.72 Å². The fraction of sp³-hybridized carbons (Fsp3) is 0.0556. The second-order valence-corrected chi connectivity index (χ2v) is 7.07. The summed E-state index contributed by atoms with van der Waals surface area (Å²) in [5.41, 5.74) is 1.60. The lowest BCUT2D eigenvalue weighted by Crippen LogP contribution is -2.13. The Morgan fingerprint density at radius 2 is 1.96 bits per heavy atom. The first kappa shape index (κ1) is 15.7. The lowest BCUT2D eigenvalue weighted by Gasteiger charge is -2.03. The molecule has 0 aliphatic rings. The molecule has 0 fully saturated rings. The van der Waals surface area contributed by atoms with Gasteiger partial charge in [-0.2, -0.15) is 0 Å². The van der Waals surface area contributed by atoms with Gasteiger partial charge in [-0.05, 0) is 17.0 Å². The van der Waals surface area contributed by atoms with Gasteiger partial charge in [-0.3, -0.25) is 4.79 Å². The Bertz CT molecular complexity index is 1080. The number of nitrogens with zero attached hydrogens (tertiary/aromatic N) is 1. The fourth-order valence-corrected chi connectivity index (χ4v) is 4.07. The molecule has 5 nitrogen and oxygen atoms in total. The normalized spacial score (nSPS) is 10.9. The highest BCUT2D eigenvalue weighted by Crippen LogP contribution is 2.30. The first-order valence-corrected chi connectivity index (χ1v) is 9.25. The number of rotatable bonds is 4. The maximum absolute atomic E-state index is 12.5. The molecule has 3 heterocycles. The van der Waals surface area contributed by atoms with Crippen LogP contribution < -0.4 is 5.56 Å². The monoisotopic (exact) mass is 368 g/mol. The number of aromatic nitrogens is 2. The van der Waals surface area contributed by atoms with Crippen molar-refractivity contribution in [3.05, 3.63) is 74.3 Å². The molecule has 0 aliphatic carbocycles. The molecule has 0 saturated carbocycles. The largest absolute Gasteiger partial charge is 0.453 e. The number of benzene rings is 1. The van der Waals surface area contributed by atoms with Gasteiger partial charge in [0.25, 0.3) is 5.56 Å². The number of hydrogen-bond donors (Lipinski definition) is 1. The Balaban J connectivity index is 1.63. The van der Waals surface area contributed by atoms with Gasteiger partial charge in [0.1, 0.15) is 22.1 Å². The Hall–Kier alpha value is -2.77. The van der Waals surface area contributed by atoms with E-state index in [1.54, 1.807) is 17.5 Å². The van der Waals surface area contributed by atoms with Crippen molar-refractivity contribution in [1.29, 1.82) is 0 Å². The van der Waals surface area contributed by atoms with E-state index in [4.69, 9.17) is 4.74 Å². The van der Waals surface area contributed by atoms with Gasteiger partial charge in [-0.25, -0.2) is 9.78 Å². The Morgan fingerprint density at radius 1 is 1.12 bits per heavy atom. The molecule has 7 heteroatoms. The van der Waals surface area contributed by atoms with Crippen molar-refractivity contribution in [1.82, 2.24) is 9.97 Å². The van der Waals surface area contributed by atoms with E-state index >= 15 is 0 Å². The minimum absolute atomic E-state index is 0.0690. The van der Waals surface area contributed by atoms with Crippen molar-refractivity contribution < 1.29 is 9.53 Å². The maximum Gasteiger partial charge on any atom is 0.348 e. The van der Waals surface area contributed by atoms with Crippen LogP contribution in [0.1, 0.15) is 15.5 Å². The molecule has 0 saturated heterocycles. The highest BCUT2D eigenvalue weighted by Gasteiger charge is 2.14. The average molecular weight is 368 g/mol. The lowest BCUT2D eigenvalue weighted by atomic mass is 10.1. The Labute approximate surface area is 150 Å². The van der Waals surface area contributed by atoms with Crippen LogP contribution in [0.4, 0.5) is 0 Å². The summed E-state index contributed by atoms with van der Waals surface area (Å²) in [7, 11) is 0. The third-order valence-electron chi connectivity index (χ3n) is 3.64. The molecule has 0 atom stereocenters. The predicted molar refractivity (Wildman–Crippen MR) is 99.1 cm³/mol. The highest BCUT2D eigenvalue weighted by atomic mass is 32.1. The molecule has 0 radical (unpaired) electrons. The molecule has 25 heavy (non-hydrogen) atoms. The number of nitrogens with one attached hydrogen (secondary N) is 1. The van der Waals surface area contributed by atoms with Crippen LogP contribution in [0.15, 0.2) is 58.0 Å². The summed E-state index contributed by atoms with van der Waals surface area (Å²) in [4.78, 5) is 32.7. The fourth-order valence-electron chi connectivity index (χ4n) is 2.49. The standard InChI is InChI=1S/C18H12N2O3S2/c21-16-15-12(11-5-2-1-3-6-11)10-25-17(15)20-14(19-16)9-23-18(22)13-7-4-8-24-13/h1-8,10H,9H2,(H,19,20,21). The summed E-state index contributed by atoms with van der Waals surface area (Å²) in [5, 5.41) is 4.29. The Kier molecular flexibility index (Phi) is 4.17. The molecule has 0 bridgehead atoms. The van der Waals surface area contributed by atoms with Gasteiger partial charge in [0, 0.05) is 10.9 Å². The number of ether oxygens (including phenoxy) is 1. The van der Waals surface area contributed by atoms with E-state index in [2.05, 4.69) is 9.97 Å². The van der Waals surface area contributed by atoms with E-state index in [9.17, 15) is 9.59 Å². The van der Waals surface area contributed by atoms with Crippen LogP contribution >= 0.6 is 22.7 Å².